The monoisotopic (exact) mass is 312 g/mol. The molecule has 2 aromatic rings. The van der Waals surface area contributed by atoms with Crippen LogP contribution in [0.25, 0.3) is 0 Å². The molecule has 0 fully saturated rings. The molecule has 23 heavy (non-hydrogen) atoms. The molecule has 0 radical (unpaired) electrons. The zero-order valence-corrected chi connectivity index (χ0v) is 12.0. The summed E-state index contributed by atoms with van der Waals surface area (Å²) in [5.41, 5.74) is 0.952. The van der Waals surface area contributed by atoms with E-state index in [0.29, 0.717) is 11.1 Å². The highest BCUT2D eigenvalue weighted by atomic mass is 19.1. The van der Waals surface area contributed by atoms with Gasteiger partial charge in [0.15, 0.2) is 0 Å². The number of benzene rings is 2. The van der Waals surface area contributed by atoms with E-state index in [-0.39, 0.29) is 12.0 Å². The summed E-state index contributed by atoms with van der Waals surface area (Å²) < 4.78 is 13.2. The zero-order chi connectivity index (χ0) is 16.8. The maximum atomic E-state index is 13.2. The molecule has 5 nitrogen and oxygen atoms in total. The van der Waals surface area contributed by atoms with Gasteiger partial charge in [0.05, 0.1) is 11.6 Å². The number of amides is 1. The van der Waals surface area contributed by atoms with Crippen molar-refractivity contribution in [3.8, 4) is 6.07 Å². The molecule has 116 valence electrons. The second-order valence-corrected chi connectivity index (χ2v) is 4.89. The van der Waals surface area contributed by atoms with Crippen molar-refractivity contribution in [3.63, 3.8) is 0 Å². The fourth-order valence-electron chi connectivity index (χ4n) is 2.07. The molecule has 2 aromatic carbocycles. The molecular weight excluding hydrogens is 299 g/mol. The minimum absolute atomic E-state index is 0.0449. The van der Waals surface area contributed by atoms with Crippen LogP contribution in [0.1, 0.15) is 21.5 Å². The number of nitrogens with zero attached hydrogens (tertiary/aromatic N) is 1. The van der Waals surface area contributed by atoms with Gasteiger partial charge in [0, 0.05) is 12.0 Å². The lowest BCUT2D eigenvalue weighted by atomic mass is 10.0. The Balaban J connectivity index is 2.14. The second-order valence-electron chi connectivity index (χ2n) is 4.89. The van der Waals surface area contributed by atoms with Crippen LogP contribution in [0.2, 0.25) is 0 Å². The maximum Gasteiger partial charge on any atom is 0.326 e. The molecule has 6 heteroatoms. The number of nitriles is 1. The van der Waals surface area contributed by atoms with Gasteiger partial charge in [-0.05, 0) is 35.9 Å². The number of carboxylic acid groups (broad SMARTS) is 1. The average Bonchev–Trinajstić information content (AvgIpc) is 2.54. The van der Waals surface area contributed by atoms with Crippen molar-refractivity contribution in [2.75, 3.05) is 0 Å². The summed E-state index contributed by atoms with van der Waals surface area (Å²) >= 11 is 0. The highest BCUT2D eigenvalue weighted by molar-refractivity contribution is 5.96. The smallest absolute Gasteiger partial charge is 0.326 e. The number of carbonyl (C=O) groups excluding carboxylic acids is 1. The molecule has 0 saturated carbocycles. The number of halogens is 1. The third-order valence-corrected chi connectivity index (χ3v) is 3.19. The van der Waals surface area contributed by atoms with Crippen molar-refractivity contribution in [3.05, 3.63) is 71.0 Å². The van der Waals surface area contributed by atoms with Crippen LogP contribution in [-0.2, 0) is 11.2 Å². The van der Waals surface area contributed by atoms with Crippen molar-refractivity contribution in [2.45, 2.75) is 12.5 Å². The minimum atomic E-state index is -1.22. The number of rotatable bonds is 5. The van der Waals surface area contributed by atoms with Crippen molar-refractivity contribution < 1.29 is 19.1 Å². The molecule has 2 rings (SSSR count). The van der Waals surface area contributed by atoms with E-state index in [1.54, 1.807) is 6.07 Å². The SMILES string of the molecule is N#Cc1cccc(C(=O)N[C@@H](Cc2cccc(F)c2)C(=O)O)c1. The summed E-state index contributed by atoms with van der Waals surface area (Å²) in [6.07, 6.45) is -0.0449. The Morgan fingerprint density at radius 2 is 1.96 bits per heavy atom. The fourth-order valence-corrected chi connectivity index (χ4v) is 2.07. The van der Waals surface area contributed by atoms with Crippen molar-refractivity contribution >= 4 is 11.9 Å². The summed E-state index contributed by atoms with van der Waals surface area (Å²) in [6.45, 7) is 0. The van der Waals surface area contributed by atoms with Crippen LogP contribution in [-0.4, -0.2) is 23.0 Å². The molecule has 0 bridgehead atoms. The molecule has 0 unspecified atom stereocenters. The zero-order valence-electron chi connectivity index (χ0n) is 12.0. The van der Waals surface area contributed by atoms with Gasteiger partial charge < -0.3 is 10.4 Å². The molecule has 0 aromatic heterocycles. The number of hydrogen-bond acceptors (Lipinski definition) is 3. The van der Waals surface area contributed by atoms with Crippen LogP contribution >= 0.6 is 0 Å². The van der Waals surface area contributed by atoms with Crippen molar-refractivity contribution in [1.82, 2.24) is 5.32 Å². The van der Waals surface area contributed by atoms with Gasteiger partial charge in [-0.1, -0.05) is 18.2 Å². The van der Waals surface area contributed by atoms with Crippen LogP contribution in [0.5, 0.6) is 0 Å². The molecule has 0 heterocycles. The van der Waals surface area contributed by atoms with Gasteiger partial charge in [0.1, 0.15) is 11.9 Å². The Kier molecular flexibility index (Phi) is 5.05. The first-order valence-corrected chi connectivity index (χ1v) is 6.78. The largest absolute Gasteiger partial charge is 0.480 e. The topological polar surface area (TPSA) is 90.2 Å². The van der Waals surface area contributed by atoms with Crippen LogP contribution in [0.3, 0.4) is 0 Å². The summed E-state index contributed by atoms with van der Waals surface area (Å²) in [5, 5.41) is 20.4. The number of carboxylic acids is 1. The van der Waals surface area contributed by atoms with Crippen molar-refractivity contribution in [2.24, 2.45) is 0 Å². The van der Waals surface area contributed by atoms with E-state index in [9.17, 15) is 19.1 Å². The van der Waals surface area contributed by atoms with Crippen LogP contribution in [0, 0.1) is 17.1 Å². The number of carbonyl (C=O) groups is 2. The summed E-state index contributed by atoms with van der Waals surface area (Å²) in [5.74, 6) is -2.30. The van der Waals surface area contributed by atoms with Crippen LogP contribution < -0.4 is 5.32 Å². The molecule has 2 N–H and O–H groups in total. The highest BCUT2D eigenvalue weighted by Crippen LogP contribution is 2.09. The van der Waals surface area contributed by atoms with E-state index in [4.69, 9.17) is 5.26 Å². The Morgan fingerprint density at radius 1 is 1.22 bits per heavy atom. The second kappa shape index (κ2) is 7.18. The summed E-state index contributed by atoms with van der Waals surface area (Å²) in [6, 6.07) is 12.2. The Bertz CT molecular complexity index is 783. The lowest BCUT2D eigenvalue weighted by Crippen LogP contribution is -2.42. The van der Waals surface area contributed by atoms with Crippen LogP contribution in [0.4, 0.5) is 4.39 Å². The first-order chi connectivity index (χ1) is 11.0. The van der Waals surface area contributed by atoms with Gasteiger partial charge in [-0.25, -0.2) is 9.18 Å². The van der Waals surface area contributed by atoms with Gasteiger partial charge in [0.2, 0.25) is 0 Å². The van der Waals surface area contributed by atoms with Crippen LogP contribution in [0.15, 0.2) is 48.5 Å². The molecule has 1 atom stereocenters. The molecular formula is C17H13FN2O3. The summed E-state index contributed by atoms with van der Waals surface area (Å²) in [4.78, 5) is 23.4. The van der Waals surface area contributed by atoms with E-state index >= 15 is 0 Å². The quantitative estimate of drug-likeness (QED) is 0.885. The summed E-state index contributed by atoms with van der Waals surface area (Å²) in [7, 11) is 0. The van der Waals surface area contributed by atoms with E-state index < -0.39 is 23.7 Å². The molecule has 1 amide bonds. The Labute approximate surface area is 132 Å². The molecule has 0 spiro atoms. The predicted octanol–water partition coefficient (Wildman–Crippen LogP) is 2.12. The first-order valence-electron chi connectivity index (χ1n) is 6.78. The predicted molar refractivity (Wildman–Crippen MR) is 80.2 cm³/mol. The van der Waals surface area contributed by atoms with E-state index in [1.807, 2.05) is 6.07 Å². The molecule has 0 aliphatic carbocycles. The van der Waals surface area contributed by atoms with E-state index in [2.05, 4.69) is 5.32 Å². The minimum Gasteiger partial charge on any atom is -0.480 e. The van der Waals surface area contributed by atoms with Gasteiger partial charge in [0.25, 0.3) is 5.91 Å². The number of aliphatic carboxylic acids is 1. The number of nitrogens with one attached hydrogen (secondary N) is 1. The lowest BCUT2D eigenvalue weighted by Gasteiger charge is -2.15. The van der Waals surface area contributed by atoms with Gasteiger partial charge in [-0.15, -0.1) is 0 Å². The van der Waals surface area contributed by atoms with Gasteiger partial charge in [-0.2, -0.15) is 5.26 Å². The molecule has 0 saturated heterocycles. The average molecular weight is 312 g/mol. The van der Waals surface area contributed by atoms with E-state index in [1.165, 1.54) is 42.5 Å². The molecule has 0 aliphatic heterocycles. The molecule has 0 aliphatic rings. The lowest BCUT2D eigenvalue weighted by molar-refractivity contribution is -0.139. The normalized spacial score (nSPS) is 11.3. The van der Waals surface area contributed by atoms with E-state index in [0.717, 1.165) is 0 Å². The maximum absolute atomic E-state index is 13.2. The number of hydrogen-bond donors (Lipinski definition) is 2. The highest BCUT2D eigenvalue weighted by Gasteiger charge is 2.21. The standard InChI is InChI=1S/C17H13FN2O3/c18-14-6-2-3-11(8-14)9-15(17(22)23)20-16(21)13-5-1-4-12(7-13)10-19/h1-8,15H,9H2,(H,20,21)(H,22,23)/t15-/m0/s1. The Hall–Kier alpha value is -3.20. The van der Waals surface area contributed by atoms with Gasteiger partial charge >= 0.3 is 5.97 Å². The first kappa shape index (κ1) is 16.2. The Morgan fingerprint density at radius 3 is 2.61 bits per heavy atom. The fraction of sp³-hybridized carbons (Fsp3) is 0.118. The van der Waals surface area contributed by atoms with Gasteiger partial charge in [-0.3, -0.25) is 4.79 Å². The third kappa shape index (κ3) is 4.38. The third-order valence-electron chi connectivity index (χ3n) is 3.19. The van der Waals surface area contributed by atoms with Crippen molar-refractivity contribution in [1.29, 1.82) is 5.26 Å².